The Morgan fingerprint density at radius 1 is 1.09 bits per heavy atom. The molecular weight excluding hydrogens is 329 g/mol. The van der Waals surface area contributed by atoms with Crippen molar-refractivity contribution in [3.8, 4) is 5.75 Å². The molecule has 0 bridgehead atoms. The molecule has 0 radical (unpaired) electrons. The van der Waals surface area contributed by atoms with Gasteiger partial charge in [0.2, 0.25) is 0 Å². The summed E-state index contributed by atoms with van der Waals surface area (Å²) in [5.41, 5.74) is 0.396. The predicted octanol–water partition coefficient (Wildman–Crippen LogP) is 3.49. The number of aromatic hydroxyl groups is 1. The predicted molar refractivity (Wildman–Crippen MR) is 83.5 cm³/mol. The maximum absolute atomic E-state index is 11.8. The summed E-state index contributed by atoms with van der Waals surface area (Å²) in [4.78, 5) is 23.5. The molecule has 0 aliphatic rings. The fraction of sp³-hybridized carbons (Fsp3) is 0.0667. The number of hydrogen-bond donors (Lipinski definition) is 2. The molecule has 1 amide bonds. The lowest BCUT2D eigenvalue weighted by molar-refractivity contribution is -0.119. The lowest BCUT2D eigenvalue weighted by Crippen LogP contribution is -2.21. The number of ether oxygens (including phenoxy) is 1. The summed E-state index contributed by atoms with van der Waals surface area (Å²) in [6.45, 7) is -0.504. The van der Waals surface area contributed by atoms with Crippen LogP contribution in [0, 0.1) is 0 Å². The Morgan fingerprint density at radius 2 is 1.73 bits per heavy atom. The van der Waals surface area contributed by atoms with Gasteiger partial charge in [0.15, 0.2) is 6.61 Å². The Kier molecular flexibility index (Phi) is 5.25. The highest BCUT2D eigenvalue weighted by molar-refractivity contribution is 6.39. The number of phenols is 1. The third-order valence-electron chi connectivity index (χ3n) is 2.64. The molecule has 0 saturated heterocycles. The normalized spacial score (nSPS) is 10.1. The Hall–Kier alpha value is -2.24. The van der Waals surface area contributed by atoms with E-state index in [0.29, 0.717) is 0 Å². The van der Waals surface area contributed by atoms with Gasteiger partial charge < -0.3 is 15.2 Å². The van der Waals surface area contributed by atoms with Crippen LogP contribution in [0.5, 0.6) is 5.75 Å². The zero-order valence-corrected chi connectivity index (χ0v) is 12.7. The minimum atomic E-state index is -0.726. The largest absolute Gasteiger partial charge is 0.508 e. The number of nitrogens with one attached hydrogen (secondary N) is 1. The fourth-order valence-electron chi connectivity index (χ4n) is 1.64. The average molecular weight is 340 g/mol. The van der Waals surface area contributed by atoms with Gasteiger partial charge in [0.05, 0.1) is 21.3 Å². The number of anilines is 1. The van der Waals surface area contributed by atoms with E-state index < -0.39 is 18.5 Å². The number of esters is 1. The Labute approximate surface area is 136 Å². The second-order valence-electron chi connectivity index (χ2n) is 4.27. The number of rotatable bonds is 4. The molecule has 0 saturated carbocycles. The lowest BCUT2D eigenvalue weighted by atomic mass is 10.2. The minimum Gasteiger partial charge on any atom is -0.508 e. The van der Waals surface area contributed by atoms with Crippen LogP contribution in [0.4, 0.5) is 5.69 Å². The molecule has 2 aromatic rings. The summed E-state index contributed by atoms with van der Waals surface area (Å²) in [7, 11) is 0. The molecule has 0 heterocycles. The second kappa shape index (κ2) is 7.15. The van der Waals surface area contributed by atoms with Crippen molar-refractivity contribution >= 4 is 40.8 Å². The van der Waals surface area contributed by atoms with Gasteiger partial charge in [0.25, 0.3) is 5.91 Å². The molecule has 2 aromatic carbocycles. The highest BCUT2D eigenvalue weighted by Crippen LogP contribution is 2.29. The number of phenolic OH excluding ortho intramolecular Hbond substituents is 1. The fourth-order valence-corrected chi connectivity index (χ4v) is 2.13. The number of carbonyl (C=O) groups excluding carboxylic acids is 2. The van der Waals surface area contributed by atoms with Gasteiger partial charge in [-0.1, -0.05) is 35.3 Å². The monoisotopic (exact) mass is 339 g/mol. The molecule has 0 spiro atoms. The first-order chi connectivity index (χ1) is 10.5. The summed E-state index contributed by atoms with van der Waals surface area (Å²) in [6, 6.07) is 10.4. The van der Waals surface area contributed by atoms with E-state index in [1.54, 1.807) is 18.2 Å². The average Bonchev–Trinajstić information content (AvgIpc) is 2.48. The maximum atomic E-state index is 11.8. The van der Waals surface area contributed by atoms with Crippen molar-refractivity contribution in [3.63, 3.8) is 0 Å². The third kappa shape index (κ3) is 4.13. The van der Waals surface area contributed by atoms with Crippen molar-refractivity contribution < 1.29 is 19.4 Å². The Balaban J connectivity index is 1.94. The molecule has 2 rings (SSSR count). The lowest BCUT2D eigenvalue weighted by Gasteiger charge is -2.09. The SMILES string of the molecule is O=C(COC(=O)c1cccc(O)c1)Nc1c(Cl)cccc1Cl. The van der Waals surface area contributed by atoms with Gasteiger partial charge in [-0.25, -0.2) is 4.79 Å². The van der Waals surface area contributed by atoms with Crippen molar-refractivity contribution in [1.29, 1.82) is 0 Å². The quantitative estimate of drug-likeness (QED) is 0.836. The first-order valence-electron chi connectivity index (χ1n) is 6.17. The third-order valence-corrected chi connectivity index (χ3v) is 3.27. The van der Waals surface area contributed by atoms with Crippen LogP contribution in [-0.4, -0.2) is 23.6 Å². The number of hydrogen-bond acceptors (Lipinski definition) is 4. The van der Waals surface area contributed by atoms with Crippen molar-refractivity contribution in [2.45, 2.75) is 0 Å². The molecule has 0 aliphatic carbocycles. The zero-order valence-electron chi connectivity index (χ0n) is 11.2. The van der Waals surface area contributed by atoms with E-state index in [1.807, 2.05) is 0 Å². The molecular formula is C15H11Cl2NO4. The van der Waals surface area contributed by atoms with Crippen molar-refractivity contribution in [1.82, 2.24) is 0 Å². The van der Waals surface area contributed by atoms with Crippen molar-refractivity contribution in [2.24, 2.45) is 0 Å². The maximum Gasteiger partial charge on any atom is 0.338 e. The van der Waals surface area contributed by atoms with Crippen molar-refractivity contribution in [2.75, 3.05) is 11.9 Å². The van der Waals surface area contributed by atoms with Crippen LogP contribution in [0.1, 0.15) is 10.4 Å². The van der Waals surface area contributed by atoms with E-state index >= 15 is 0 Å². The Morgan fingerprint density at radius 3 is 2.36 bits per heavy atom. The first-order valence-corrected chi connectivity index (χ1v) is 6.93. The molecule has 5 nitrogen and oxygen atoms in total. The van der Waals surface area contributed by atoms with E-state index in [0.717, 1.165) is 0 Å². The smallest absolute Gasteiger partial charge is 0.338 e. The highest BCUT2D eigenvalue weighted by atomic mass is 35.5. The number of para-hydroxylation sites is 1. The first kappa shape index (κ1) is 16.1. The van der Waals surface area contributed by atoms with Crippen LogP contribution in [0.2, 0.25) is 10.0 Å². The minimum absolute atomic E-state index is 0.0678. The van der Waals surface area contributed by atoms with Crippen LogP contribution in [0.25, 0.3) is 0 Å². The van der Waals surface area contributed by atoms with E-state index in [1.165, 1.54) is 24.3 Å². The van der Waals surface area contributed by atoms with Gasteiger partial charge >= 0.3 is 5.97 Å². The molecule has 0 fully saturated rings. The van der Waals surface area contributed by atoms with E-state index in [4.69, 9.17) is 27.9 Å². The molecule has 2 N–H and O–H groups in total. The van der Waals surface area contributed by atoms with Crippen LogP contribution >= 0.6 is 23.2 Å². The number of amides is 1. The molecule has 114 valence electrons. The molecule has 0 aliphatic heterocycles. The van der Waals surface area contributed by atoms with Gasteiger partial charge in [0.1, 0.15) is 5.75 Å². The molecule has 0 unspecified atom stereocenters. The van der Waals surface area contributed by atoms with E-state index in [2.05, 4.69) is 5.32 Å². The van der Waals surface area contributed by atoms with Crippen molar-refractivity contribution in [3.05, 3.63) is 58.1 Å². The topological polar surface area (TPSA) is 75.6 Å². The summed E-state index contributed by atoms with van der Waals surface area (Å²) in [6.07, 6.45) is 0. The van der Waals surface area contributed by atoms with E-state index in [-0.39, 0.29) is 27.0 Å². The van der Waals surface area contributed by atoms with Gasteiger partial charge in [0, 0.05) is 0 Å². The number of carbonyl (C=O) groups is 2. The van der Waals surface area contributed by atoms with Crippen LogP contribution in [-0.2, 0) is 9.53 Å². The molecule has 22 heavy (non-hydrogen) atoms. The number of benzene rings is 2. The Bertz CT molecular complexity index is 698. The summed E-state index contributed by atoms with van der Waals surface area (Å²) in [5.74, 6) is -1.37. The van der Waals surface area contributed by atoms with Gasteiger partial charge in [-0.05, 0) is 30.3 Å². The summed E-state index contributed by atoms with van der Waals surface area (Å²) >= 11 is 11.8. The van der Waals surface area contributed by atoms with Gasteiger partial charge in [-0.3, -0.25) is 4.79 Å². The van der Waals surface area contributed by atoms with Crippen LogP contribution in [0.3, 0.4) is 0 Å². The molecule has 0 aromatic heterocycles. The summed E-state index contributed by atoms with van der Waals surface area (Å²) < 4.78 is 4.85. The number of halogens is 2. The van der Waals surface area contributed by atoms with Gasteiger partial charge in [-0.2, -0.15) is 0 Å². The summed E-state index contributed by atoms with van der Waals surface area (Å²) in [5, 5.41) is 12.3. The standard InChI is InChI=1S/C15H11Cl2NO4/c16-11-5-2-6-12(17)14(11)18-13(20)8-22-15(21)9-3-1-4-10(19)7-9/h1-7,19H,8H2,(H,18,20). The van der Waals surface area contributed by atoms with Crippen LogP contribution in [0.15, 0.2) is 42.5 Å². The molecule has 0 atom stereocenters. The van der Waals surface area contributed by atoms with E-state index in [9.17, 15) is 14.7 Å². The molecule has 7 heteroatoms. The highest BCUT2D eigenvalue weighted by Gasteiger charge is 2.13. The van der Waals surface area contributed by atoms with Gasteiger partial charge in [-0.15, -0.1) is 0 Å². The van der Waals surface area contributed by atoms with Crippen LogP contribution < -0.4 is 5.32 Å². The zero-order chi connectivity index (χ0) is 16.1. The second-order valence-corrected chi connectivity index (χ2v) is 5.09.